The molecule has 1 fully saturated rings. The number of fused-ring (bicyclic) bond motifs is 1. The first-order chi connectivity index (χ1) is 12.2. The van der Waals surface area contributed by atoms with Gasteiger partial charge in [-0.3, -0.25) is 10.1 Å². The van der Waals surface area contributed by atoms with E-state index < -0.39 is 0 Å². The second-order valence-corrected chi connectivity index (χ2v) is 9.58. The fourth-order valence-electron chi connectivity index (χ4n) is 2.75. The molecular formula is C19H18N2OS3. The summed E-state index contributed by atoms with van der Waals surface area (Å²) in [5.74, 6) is 2.30. The zero-order valence-electron chi connectivity index (χ0n) is 13.8. The minimum atomic E-state index is -0.104. The average Bonchev–Trinajstić information content (AvgIpc) is 3.30. The number of hydrogen-bond acceptors (Lipinski definition) is 5. The molecule has 4 rings (SSSR count). The molecule has 1 saturated heterocycles. The van der Waals surface area contributed by atoms with Crippen molar-refractivity contribution in [1.82, 2.24) is 4.98 Å². The maximum Gasteiger partial charge on any atom is 0.257 e. The van der Waals surface area contributed by atoms with E-state index in [1.165, 1.54) is 34.0 Å². The van der Waals surface area contributed by atoms with Crippen LogP contribution in [0.3, 0.4) is 0 Å². The number of carbonyl (C=O) groups is 1. The molecule has 3 aromatic rings. The van der Waals surface area contributed by atoms with Crippen LogP contribution >= 0.6 is 34.9 Å². The van der Waals surface area contributed by atoms with Crippen molar-refractivity contribution in [3.05, 3.63) is 59.2 Å². The van der Waals surface area contributed by atoms with E-state index in [-0.39, 0.29) is 5.91 Å². The molecule has 0 radical (unpaired) electrons. The molecule has 128 valence electrons. The summed E-state index contributed by atoms with van der Waals surface area (Å²) < 4.78 is 1.62. The molecule has 2 aromatic carbocycles. The van der Waals surface area contributed by atoms with E-state index in [0.717, 1.165) is 16.6 Å². The van der Waals surface area contributed by atoms with E-state index in [4.69, 9.17) is 0 Å². The molecule has 0 bridgehead atoms. The third-order valence-corrected chi connectivity index (χ3v) is 8.19. The second kappa shape index (κ2) is 7.40. The molecule has 2 heterocycles. The standard InChI is InChI=1S/C19H18N2OS3/c1-2-12-3-8-15-16(11-12)25-19(20-15)21-17(22)13-4-6-14(7-5-13)18-23-9-10-24-18/h3-8,11,18H,2,9-10H2,1H3,(H,20,21,22). The largest absolute Gasteiger partial charge is 0.298 e. The summed E-state index contributed by atoms with van der Waals surface area (Å²) in [6.45, 7) is 2.14. The molecule has 25 heavy (non-hydrogen) atoms. The van der Waals surface area contributed by atoms with Crippen molar-refractivity contribution in [2.24, 2.45) is 0 Å². The predicted octanol–water partition coefficient (Wildman–Crippen LogP) is 5.59. The van der Waals surface area contributed by atoms with Crippen LogP contribution in [0.15, 0.2) is 42.5 Å². The molecule has 3 nitrogen and oxygen atoms in total. The van der Waals surface area contributed by atoms with Gasteiger partial charge in [0.25, 0.3) is 5.91 Å². The van der Waals surface area contributed by atoms with Gasteiger partial charge in [-0.25, -0.2) is 4.98 Å². The minimum Gasteiger partial charge on any atom is -0.298 e. The van der Waals surface area contributed by atoms with Crippen LogP contribution in [0.5, 0.6) is 0 Å². The number of hydrogen-bond donors (Lipinski definition) is 1. The lowest BCUT2D eigenvalue weighted by Crippen LogP contribution is -2.11. The summed E-state index contributed by atoms with van der Waals surface area (Å²) in [5.41, 5.74) is 4.18. The molecule has 0 unspecified atom stereocenters. The first-order valence-corrected chi connectivity index (χ1v) is 11.2. The average molecular weight is 387 g/mol. The number of aromatic nitrogens is 1. The van der Waals surface area contributed by atoms with E-state index in [2.05, 4.69) is 41.5 Å². The molecule has 0 aliphatic carbocycles. The van der Waals surface area contributed by atoms with Gasteiger partial charge in [0.15, 0.2) is 5.13 Å². The number of rotatable bonds is 4. The first kappa shape index (κ1) is 16.9. The van der Waals surface area contributed by atoms with Gasteiger partial charge in [-0.2, -0.15) is 0 Å². The van der Waals surface area contributed by atoms with Gasteiger partial charge in [0.05, 0.1) is 14.8 Å². The Hall–Kier alpha value is -1.50. The Balaban J connectivity index is 1.49. The fraction of sp³-hybridized carbons (Fsp3) is 0.263. The zero-order chi connectivity index (χ0) is 17.2. The van der Waals surface area contributed by atoms with Crippen LogP contribution in [-0.4, -0.2) is 22.4 Å². The van der Waals surface area contributed by atoms with E-state index >= 15 is 0 Å². The van der Waals surface area contributed by atoms with Crippen LogP contribution in [0.4, 0.5) is 5.13 Å². The molecule has 1 amide bonds. The summed E-state index contributed by atoms with van der Waals surface area (Å²) in [7, 11) is 0. The number of aryl methyl sites for hydroxylation is 1. The highest BCUT2D eigenvalue weighted by Gasteiger charge is 2.18. The number of benzene rings is 2. The summed E-state index contributed by atoms with van der Waals surface area (Å²) in [6.07, 6.45) is 0.999. The number of thioether (sulfide) groups is 2. The number of nitrogens with zero attached hydrogens (tertiary/aromatic N) is 1. The predicted molar refractivity (Wildman–Crippen MR) is 111 cm³/mol. The number of carbonyl (C=O) groups excluding carboxylic acids is 1. The molecule has 1 aliphatic rings. The van der Waals surface area contributed by atoms with Gasteiger partial charge in [-0.1, -0.05) is 36.5 Å². The van der Waals surface area contributed by atoms with Crippen molar-refractivity contribution in [3.63, 3.8) is 0 Å². The molecule has 0 saturated carbocycles. The monoisotopic (exact) mass is 386 g/mol. The maximum atomic E-state index is 12.5. The SMILES string of the molecule is CCc1ccc2nc(NC(=O)c3ccc(C4SCCS4)cc3)sc2c1. The topological polar surface area (TPSA) is 42.0 Å². The van der Waals surface area contributed by atoms with Crippen molar-refractivity contribution >= 4 is 56.1 Å². The van der Waals surface area contributed by atoms with Crippen LogP contribution in [0.1, 0.15) is 33.0 Å². The lowest BCUT2D eigenvalue weighted by molar-refractivity contribution is 0.102. The van der Waals surface area contributed by atoms with Gasteiger partial charge < -0.3 is 0 Å². The highest BCUT2D eigenvalue weighted by Crippen LogP contribution is 2.45. The van der Waals surface area contributed by atoms with Gasteiger partial charge in [-0.05, 0) is 41.8 Å². The molecular weight excluding hydrogens is 368 g/mol. The first-order valence-electron chi connectivity index (χ1n) is 8.27. The quantitative estimate of drug-likeness (QED) is 0.635. The molecule has 1 N–H and O–H groups in total. The summed E-state index contributed by atoms with van der Waals surface area (Å²) in [5, 5.41) is 3.58. The van der Waals surface area contributed by atoms with Gasteiger partial charge >= 0.3 is 0 Å². The van der Waals surface area contributed by atoms with Crippen LogP contribution in [0, 0.1) is 0 Å². The molecule has 1 aromatic heterocycles. The third kappa shape index (κ3) is 3.71. The fourth-order valence-corrected chi connectivity index (χ4v) is 6.54. The lowest BCUT2D eigenvalue weighted by Gasteiger charge is -2.09. The van der Waals surface area contributed by atoms with Gasteiger partial charge in [0, 0.05) is 17.1 Å². The highest BCUT2D eigenvalue weighted by molar-refractivity contribution is 8.19. The Labute approximate surface area is 159 Å². The Morgan fingerprint density at radius 2 is 1.92 bits per heavy atom. The van der Waals surface area contributed by atoms with E-state index in [0.29, 0.717) is 15.3 Å². The smallest absolute Gasteiger partial charge is 0.257 e. The van der Waals surface area contributed by atoms with Crippen LogP contribution in [0.25, 0.3) is 10.2 Å². The van der Waals surface area contributed by atoms with E-state index in [1.807, 2.05) is 41.7 Å². The minimum absolute atomic E-state index is 0.104. The number of anilines is 1. The van der Waals surface area contributed by atoms with Crippen molar-refractivity contribution < 1.29 is 4.79 Å². The molecule has 0 atom stereocenters. The Bertz CT molecular complexity index is 899. The molecule has 0 spiro atoms. The van der Waals surface area contributed by atoms with Gasteiger partial charge in [0.1, 0.15) is 0 Å². The Morgan fingerprint density at radius 3 is 2.64 bits per heavy atom. The van der Waals surface area contributed by atoms with E-state index in [9.17, 15) is 4.79 Å². The lowest BCUT2D eigenvalue weighted by atomic mass is 10.1. The summed E-state index contributed by atoms with van der Waals surface area (Å²) in [6, 6.07) is 14.2. The van der Waals surface area contributed by atoms with Crippen molar-refractivity contribution in [2.45, 2.75) is 17.9 Å². The number of amides is 1. The Kier molecular flexibility index (Phi) is 5.01. The molecule has 1 aliphatic heterocycles. The summed E-state index contributed by atoms with van der Waals surface area (Å²) in [4.78, 5) is 17.0. The highest BCUT2D eigenvalue weighted by atomic mass is 32.2. The summed E-state index contributed by atoms with van der Waals surface area (Å²) >= 11 is 5.47. The zero-order valence-corrected chi connectivity index (χ0v) is 16.3. The second-order valence-electron chi connectivity index (χ2n) is 5.82. The molecule has 6 heteroatoms. The van der Waals surface area contributed by atoms with Gasteiger partial charge in [-0.15, -0.1) is 23.5 Å². The van der Waals surface area contributed by atoms with E-state index in [1.54, 1.807) is 0 Å². The number of nitrogens with one attached hydrogen (secondary N) is 1. The maximum absolute atomic E-state index is 12.5. The van der Waals surface area contributed by atoms with Crippen LogP contribution in [0.2, 0.25) is 0 Å². The van der Waals surface area contributed by atoms with Crippen LogP contribution < -0.4 is 5.32 Å². The van der Waals surface area contributed by atoms with Crippen molar-refractivity contribution in [3.8, 4) is 0 Å². The van der Waals surface area contributed by atoms with Crippen molar-refractivity contribution in [1.29, 1.82) is 0 Å². The normalized spacial score (nSPS) is 14.9. The number of thiazole rings is 1. The van der Waals surface area contributed by atoms with Crippen molar-refractivity contribution in [2.75, 3.05) is 16.8 Å². The van der Waals surface area contributed by atoms with Gasteiger partial charge in [0.2, 0.25) is 0 Å². The van der Waals surface area contributed by atoms with Crippen LogP contribution in [-0.2, 0) is 6.42 Å². The third-order valence-electron chi connectivity index (χ3n) is 4.15. The Morgan fingerprint density at radius 1 is 1.16 bits per heavy atom.